The van der Waals surface area contributed by atoms with Crippen LogP contribution >= 0.6 is 0 Å². The second-order valence-electron chi connectivity index (χ2n) is 8.26. The minimum atomic E-state index is -0.880. The highest BCUT2D eigenvalue weighted by atomic mass is 16.4. The summed E-state index contributed by atoms with van der Waals surface area (Å²) in [5.41, 5.74) is 6.93. The summed E-state index contributed by atoms with van der Waals surface area (Å²) in [5.74, 6) is -0.319. The molecule has 0 fully saturated rings. The van der Waals surface area contributed by atoms with Gasteiger partial charge in [0.1, 0.15) is 0 Å². The Labute approximate surface area is 177 Å². The van der Waals surface area contributed by atoms with Crippen molar-refractivity contribution in [2.45, 2.75) is 37.6 Å². The lowest BCUT2D eigenvalue weighted by Gasteiger charge is -2.32. The number of benzene rings is 3. The summed E-state index contributed by atoms with van der Waals surface area (Å²) in [7, 11) is 0. The molecule has 3 nitrogen and oxygen atoms in total. The van der Waals surface area contributed by atoms with Crippen LogP contribution in [0.1, 0.15) is 59.1 Å². The molecule has 5 rings (SSSR count). The minimum absolute atomic E-state index is 0.217. The maximum atomic E-state index is 11.6. The van der Waals surface area contributed by atoms with Crippen molar-refractivity contribution in [2.24, 2.45) is 0 Å². The first kappa shape index (κ1) is 18.7. The Balaban J connectivity index is 1.54. The summed E-state index contributed by atoms with van der Waals surface area (Å²) >= 11 is 0. The highest BCUT2D eigenvalue weighted by molar-refractivity contribution is 5.89. The number of hydrogen-bond donors (Lipinski definition) is 1. The topological polar surface area (TPSA) is 40.5 Å². The number of carboxylic acids is 1. The Hall–Kier alpha value is -3.33. The van der Waals surface area contributed by atoms with Gasteiger partial charge in [0.2, 0.25) is 0 Å². The van der Waals surface area contributed by atoms with Crippen LogP contribution in [-0.4, -0.2) is 11.1 Å². The number of aromatic carboxylic acids is 1. The van der Waals surface area contributed by atoms with Crippen molar-refractivity contribution in [1.82, 2.24) is 0 Å². The van der Waals surface area contributed by atoms with Gasteiger partial charge in [-0.3, -0.25) is 0 Å². The Kier molecular flexibility index (Phi) is 4.88. The molecular formula is C27H25NO2. The van der Waals surface area contributed by atoms with E-state index in [-0.39, 0.29) is 6.04 Å². The zero-order valence-corrected chi connectivity index (χ0v) is 16.9. The van der Waals surface area contributed by atoms with Gasteiger partial charge in [-0.25, -0.2) is 4.79 Å². The quantitative estimate of drug-likeness (QED) is 0.544. The Morgan fingerprint density at radius 2 is 1.53 bits per heavy atom. The van der Waals surface area contributed by atoms with Crippen molar-refractivity contribution in [3.63, 3.8) is 0 Å². The van der Waals surface area contributed by atoms with E-state index in [0.29, 0.717) is 11.5 Å². The number of nitrogens with zero attached hydrogens (tertiary/aromatic N) is 1. The monoisotopic (exact) mass is 395 g/mol. The molecule has 1 aliphatic carbocycles. The van der Waals surface area contributed by atoms with Crippen molar-refractivity contribution in [3.05, 3.63) is 113 Å². The molecule has 30 heavy (non-hydrogen) atoms. The van der Waals surface area contributed by atoms with E-state index < -0.39 is 5.97 Å². The number of rotatable bonds is 4. The van der Waals surface area contributed by atoms with Gasteiger partial charge in [-0.05, 0) is 66.5 Å². The number of hydrogen-bond acceptors (Lipinski definition) is 2. The molecule has 1 heterocycles. The van der Waals surface area contributed by atoms with Crippen LogP contribution < -0.4 is 4.90 Å². The fourth-order valence-electron chi connectivity index (χ4n) is 5.09. The number of carboxylic acid groups (broad SMARTS) is 1. The maximum Gasteiger partial charge on any atom is 0.335 e. The summed E-state index contributed by atoms with van der Waals surface area (Å²) in [5, 5.41) is 9.50. The Bertz CT molecular complexity index is 1090. The zero-order chi connectivity index (χ0) is 20.5. The second-order valence-corrected chi connectivity index (χ2v) is 8.26. The van der Waals surface area contributed by atoms with Crippen molar-refractivity contribution in [3.8, 4) is 0 Å². The number of carbonyl (C=O) groups is 1. The van der Waals surface area contributed by atoms with Crippen LogP contribution in [0.15, 0.2) is 96.2 Å². The highest BCUT2D eigenvalue weighted by Crippen LogP contribution is 2.50. The van der Waals surface area contributed by atoms with Crippen LogP contribution in [0.4, 0.5) is 5.69 Å². The average molecular weight is 396 g/mol. The van der Waals surface area contributed by atoms with Crippen LogP contribution in [-0.2, 0) is 0 Å². The van der Waals surface area contributed by atoms with Gasteiger partial charge in [-0.1, -0.05) is 66.7 Å². The average Bonchev–Trinajstić information content (AvgIpc) is 3.19. The molecule has 3 heteroatoms. The van der Waals surface area contributed by atoms with Gasteiger partial charge in [-0.2, -0.15) is 0 Å². The molecule has 0 saturated carbocycles. The molecule has 3 aromatic rings. The molecule has 0 bridgehead atoms. The Morgan fingerprint density at radius 1 is 0.833 bits per heavy atom. The number of allylic oxidation sites excluding steroid dienone is 1. The lowest BCUT2D eigenvalue weighted by atomic mass is 9.82. The highest BCUT2D eigenvalue weighted by Gasteiger charge is 2.37. The SMILES string of the molecule is O=C(O)c1cccc(N2C3=C(CC(c4ccccc4)CC3)CC2c2ccccc2)c1. The molecule has 0 saturated heterocycles. The van der Waals surface area contributed by atoms with Gasteiger partial charge >= 0.3 is 5.97 Å². The van der Waals surface area contributed by atoms with Crippen LogP contribution in [0, 0.1) is 0 Å². The second kappa shape index (κ2) is 7.83. The largest absolute Gasteiger partial charge is 0.478 e. The molecule has 3 aromatic carbocycles. The van der Waals surface area contributed by atoms with E-state index in [1.165, 1.54) is 22.4 Å². The van der Waals surface area contributed by atoms with Crippen LogP contribution in [0.5, 0.6) is 0 Å². The normalized spacial score (nSPS) is 20.9. The van der Waals surface area contributed by atoms with E-state index in [1.807, 2.05) is 24.3 Å². The van der Waals surface area contributed by atoms with Crippen LogP contribution in [0.2, 0.25) is 0 Å². The van der Waals surface area contributed by atoms with Crippen molar-refractivity contribution >= 4 is 11.7 Å². The van der Waals surface area contributed by atoms with Gasteiger partial charge < -0.3 is 10.0 Å². The van der Waals surface area contributed by atoms with Crippen molar-refractivity contribution in [2.75, 3.05) is 4.90 Å². The van der Waals surface area contributed by atoms with Gasteiger partial charge in [0.25, 0.3) is 0 Å². The van der Waals surface area contributed by atoms with Gasteiger partial charge in [0, 0.05) is 11.4 Å². The van der Waals surface area contributed by atoms with Crippen molar-refractivity contribution in [1.29, 1.82) is 0 Å². The van der Waals surface area contributed by atoms with E-state index >= 15 is 0 Å². The third-order valence-electron chi connectivity index (χ3n) is 6.50. The first-order valence-electron chi connectivity index (χ1n) is 10.6. The summed E-state index contributed by atoms with van der Waals surface area (Å²) in [4.78, 5) is 14.0. The number of anilines is 1. The molecule has 150 valence electrons. The lowest BCUT2D eigenvalue weighted by Crippen LogP contribution is -2.24. The third kappa shape index (κ3) is 3.41. The van der Waals surface area contributed by atoms with Crippen LogP contribution in [0.3, 0.4) is 0 Å². The van der Waals surface area contributed by atoms with Gasteiger partial charge in [0.05, 0.1) is 11.6 Å². The molecule has 0 spiro atoms. The molecular weight excluding hydrogens is 370 g/mol. The summed E-state index contributed by atoms with van der Waals surface area (Å²) in [6.07, 6.45) is 4.23. The fraction of sp³-hybridized carbons (Fsp3) is 0.222. The van der Waals surface area contributed by atoms with Gasteiger partial charge in [0.15, 0.2) is 0 Å². The van der Waals surface area contributed by atoms with Crippen LogP contribution in [0.25, 0.3) is 0 Å². The summed E-state index contributed by atoms with van der Waals surface area (Å²) < 4.78 is 0. The zero-order valence-electron chi connectivity index (χ0n) is 16.9. The molecule has 1 aliphatic heterocycles. The van der Waals surface area contributed by atoms with E-state index in [1.54, 1.807) is 6.07 Å². The smallest absolute Gasteiger partial charge is 0.335 e. The lowest BCUT2D eigenvalue weighted by molar-refractivity contribution is 0.0697. The molecule has 2 atom stereocenters. The van der Waals surface area contributed by atoms with E-state index in [9.17, 15) is 9.90 Å². The summed E-state index contributed by atoms with van der Waals surface area (Å²) in [6.45, 7) is 0. The standard InChI is InChI=1S/C27H25NO2/c29-27(30)22-12-7-13-24(17-22)28-25-15-14-21(19-8-3-1-4-9-19)16-23(25)18-26(28)20-10-5-2-6-11-20/h1-13,17,21,26H,14-16,18H2,(H,29,30). The van der Waals surface area contributed by atoms with E-state index in [0.717, 1.165) is 31.4 Å². The molecule has 2 aliphatic rings. The summed E-state index contributed by atoms with van der Waals surface area (Å²) in [6, 6.07) is 29.0. The molecule has 0 radical (unpaired) electrons. The molecule has 0 amide bonds. The molecule has 1 N–H and O–H groups in total. The molecule has 0 aromatic heterocycles. The van der Waals surface area contributed by atoms with Gasteiger partial charge in [-0.15, -0.1) is 0 Å². The molecule has 2 unspecified atom stereocenters. The maximum absolute atomic E-state index is 11.6. The van der Waals surface area contributed by atoms with Crippen molar-refractivity contribution < 1.29 is 9.90 Å². The Morgan fingerprint density at radius 3 is 2.23 bits per heavy atom. The van der Waals surface area contributed by atoms with E-state index in [4.69, 9.17) is 0 Å². The van der Waals surface area contributed by atoms with E-state index in [2.05, 4.69) is 59.5 Å². The fourth-order valence-corrected chi connectivity index (χ4v) is 5.09. The first-order chi connectivity index (χ1) is 14.7. The first-order valence-corrected chi connectivity index (χ1v) is 10.6. The predicted molar refractivity (Wildman–Crippen MR) is 120 cm³/mol. The third-order valence-corrected chi connectivity index (χ3v) is 6.50. The minimum Gasteiger partial charge on any atom is -0.478 e. The predicted octanol–water partition coefficient (Wildman–Crippen LogP) is 6.56.